The van der Waals surface area contributed by atoms with Crippen LogP contribution in [0.3, 0.4) is 0 Å². The van der Waals surface area contributed by atoms with Crippen LogP contribution in [-0.2, 0) is 6.42 Å². The molecule has 0 aromatic heterocycles. The molecule has 3 N–H and O–H groups in total. The lowest BCUT2D eigenvalue weighted by atomic mass is 10.1. The van der Waals surface area contributed by atoms with Gasteiger partial charge < -0.3 is 30.2 Å². The first-order valence-corrected chi connectivity index (χ1v) is 9.53. The van der Waals surface area contributed by atoms with E-state index >= 15 is 0 Å². The minimum absolute atomic E-state index is 0.108. The third-order valence-corrected chi connectivity index (χ3v) is 4.70. The number of aliphatic imine (C=N–C) groups is 1. The summed E-state index contributed by atoms with van der Waals surface area (Å²) in [6.07, 6.45) is 0.795. The zero-order valence-electron chi connectivity index (χ0n) is 17.9. The van der Waals surface area contributed by atoms with Crippen molar-refractivity contribution in [3.05, 3.63) is 53.6 Å². The second-order valence-electron chi connectivity index (χ2n) is 6.85. The first-order chi connectivity index (χ1) is 14.0. The van der Waals surface area contributed by atoms with Gasteiger partial charge in [-0.15, -0.1) is 0 Å². The van der Waals surface area contributed by atoms with Gasteiger partial charge in [0.15, 0.2) is 17.5 Å². The van der Waals surface area contributed by atoms with Crippen molar-refractivity contribution in [3.63, 3.8) is 0 Å². The van der Waals surface area contributed by atoms with E-state index in [1.54, 1.807) is 21.3 Å². The van der Waals surface area contributed by atoms with E-state index in [0.717, 1.165) is 34.8 Å². The van der Waals surface area contributed by atoms with Gasteiger partial charge in [-0.05, 0) is 55.9 Å². The number of hydrogen-bond donors (Lipinski definition) is 2. The molecule has 0 heterocycles. The maximum Gasteiger partial charge on any atom is 0.188 e. The summed E-state index contributed by atoms with van der Waals surface area (Å²) in [6.45, 7) is 1.23. The van der Waals surface area contributed by atoms with Crippen LogP contribution in [0.1, 0.15) is 17.2 Å². The third-order valence-electron chi connectivity index (χ3n) is 4.70. The first kappa shape index (κ1) is 22.4. The molecule has 0 bridgehead atoms. The van der Waals surface area contributed by atoms with E-state index in [1.807, 2.05) is 50.5 Å². The molecule has 0 saturated heterocycles. The van der Waals surface area contributed by atoms with Gasteiger partial charge in [0.2, 0.25) is 0 Å². The quantitative estimate of drug-likeness (QED) is 0.471. The van der Waals surface area contributed by atoms with Gasteiger partial charge in [-0.3, -0.25) is 4.99 Å². The normalized spacial score (nSPS) is 12.6. The Hall–Kier alpha value is -2.93. The fourth-order valence-electron chi connectivity index (χ4n) is 3.03. The fraction of sp³-hybridized carbons (Fsp3) is 0.409. The van der Waals surface area contributed by atoms with E-state index in [2.05, 4.69) is 21.3 Å². The summed E-state index contributed by atoms with van der Waals surface area (Å²) in [6, 6.07) is 14.0. The molecule has 0 aliphatic heterocycles. The molecule has 158 valence electrons. The van der Waals surface area contributed by atoms with Crippen LogP contribution in [0.25, 0.3) is 0 Å². The second-order valence-corrected chi connectivity index (χ2v) is 6.85. The molecule has 0 fully saturated rings. The van der Waals surface area contributed by atoms with Crippen LogP contribution in [0.4, 0.5) is 0 Å². The number of nitrogens with zero attached hydrogens (tertiary/aromatic N) is 2. The zero-order chi connectivity index (χ0) is 21.2. The average Bonchev–Trinajstić information content (AvgIpc) is 2.73. The van der Waals surface area contributed by atoms with E-state index in [-0.39, 0.29) is 6.04 Å². The standard InChI is InChI=1S/C22H32N4O3/c1-26(2)19(17-7-6-8-18(14-17)27-3)15-25-22(23)24-12-11-16-9-10-20(28-4)21(13-16)29-5/h6-10,13-14,19H,11-12,15H2,1-5H3,(H3,23,24,25). The minimum Gasteiger partial charge on any atom is -0.497 e. The Morgan fingerprint density at radius 2 is 1.79 bits per heavy atom. The Kier molecular flexibility index (Phi) is 8.61. The smallest absolute Gasteiger partial charge is 0.188 e. The van der Waals surface area contributed by atoms with Gasteiger partial charge >= 0.3 is 0 Å². The molecule has 29 heavy (non-hydrogen) atoms. The number of methoxy groups -OCH3 is 3. The summed E-state index contributed by atoms with van der Waals surface area (Å²) in [5, 5.41) is 3.18. The van der Waals surface area contributed by atoms with Crippen LogP contribution in [0.15, 0.2) is 47.5 Å². The summed E-state index contributed by atoms with van der Waals surface area (Å²) in [4.78, 5) is 6.65. The molecule has 0 radical (unpaired) electrons. The van der Waals surface area contributed by atoms with Crippen LogP contribution in [0, 0.1) is 0 Å². The van der Waals surface area contributed by atoms with Crippen molar-refractivity contribution in [1.29, 1.82) is 0 Å². The minimum atomic E-state index is 0.108. The van der Waals surface area contributed by atoms with E-state index in [1.165, 1.54) is 0 Å². The van der Waals surface area contributed by atoms with Crippen molar-refractivity contribution in [2.75, 3.05) is 48.5 Å². The summed E-state index contributed by atoms with van der Waals surface area (Å²) in [5.74, 6) is 2.70. The Morgan fingerprint density at radius 1 is 1.03 bits per heavy atom. The van der Waals surface area contributed by atoms with Gasteiger partial charge in [0.05, 0.1) is 33.9 Å². The highest BCUT2D eigenvalue weighted by Gasteiger charge is 2.14. The molecule has 1 unspecified atom stereocenters. The number of hydrogen-bond acceptors (Lipinski definition) is 5. The molecule has 2 aromatic rings. The number of ether oxygens (including phenoxy) is 3. The van der Waals surface area contributed by atoms with Crippen molar-refractivity contribution in [2.45, 2.75) is 12.5 Å². The molecule has 1 atom stereocenters. The second kappa shape index (κ2) is 11.2. The first-order valence-electron chi connectivity index (χ1n) is 9.53. The molecule has 7 heteroatoms. The van der Waals surface area contributed by atoms with E-state index in [9.17, 15) is 0 Å². The molecule has 7 nitrogen and oxygen atoms in total. The number of benzene rings is 2. The molecule has 0 aliphatic carbocycles. The highest BCUT2D eigenvalue weighted by molar-refractivity contribution is 5.77. The van der Waals surface area contributed by atoms with Crippen LogP contribution >= 0.6 is 0 Å². The molecule has 0 spiro atoms. The number of likely N-dealkylation sites (N-methyl/N-ethyl adjacent to an activating group) is 1. The van der Waals surface area contributed by atoms with Crippen LogP contribution in [-0.4, -0.2) is 59.4 Å². The molecular weight excluding hydrogens is 368 g/mol. The Bertz CT molecular complexity index is 808. The van der Waals surface area contributed by atoms with E-state index in [0.29, 0.717) is 19.0 Å². The van der Waals surface area contributed by atoms with Crippen LogP contribution < -0.4 is 25.3 Å². The van der Waals surface area contributed by atoms with Crippen molar-refractivity contribution in [2.24, 2.45) is 10.7 Å². The largest absolute Gasteiger partial charge is 0.497 e. The highest BCUT2D eigenvalue weighted by Crippen LogP contribution is 2.27. The molecule has 0 amide bonds. The van der Waals surface area contributed by atoms with Crippen molar-refractivity contribution >= 4 is 5.96 Å². The monoisotopic (exact) mass is 400 g/mol. The lowest BCUT2D eigenvalue weighted by molar-refractivity contribution is 0.305. The lowest BCUT2D eigenvalue weighted by Gasteiger charge is -2.23. The average molecular weight is 401 g/mol. The van der Waals surface area contributed by atoms with Crippen molar-refractivity contribution < 1.29 is 14.2 Å². The fourth-order valence-corrected chi connectivity index (χ4v) is 3.03. The summed E-state index contributed by atoms with van der Waals surface area (Å²) in [7, 11) is 8.99. The van der Waals surface area contributed by atoms with Crippen LogP contribution in [0.5, 0.6) is 17.2 Å². The van der Waals surface area contributed by atoms with E-state index in [4.69, 9.17) is 19.9 Å². The Morgan fingerprint density at radius 3 is 2.45 bits per heavy atom. The summed E-state index contributed by atoms with van der Waals surface area (Å²) >= 11 is 0. The van der Waals surface area contributed by atoms with Gasteiger partial charge in [-0.25, -0.2) is 0 Å². The van der Waals surface area contributed by atoms with Gasteiger partial charge in [-0.2, -0.15) is 0 Å². The van der Waals surface area contributed by atoms with Gasteiger partial charge in [0.25, 0.3) is 0 Å². The van der Waals surface area contributed by atoms with Gasteiger partial charge in [0.1, 0.15) is 5.75 Å². The summed E-state index contributed by atoms with van der Waals surface area (Å²) < 4.78 is 15.9. The predicted molar refractivity (Wildman–Crippen MR) is 117 cm³/mol. The molecule has 2 rings (SSSR count). The van der Waals surface area contributed by atoms with Gasteiger partial charge in [-0.1, -0.05) is 18.2 Å². The SMILES string of the molecule is COc1cccc(C(CN=C(N)NCCc2ccc(OC)c(OC)c2)N(C)C)c1. The maximum atomic E-state index is 6.07. The lowest BCUT2D eigenvalue weighted by Crippen LogP contribution is -2.34. The van der Waals surface area contributed by atoms with E-state index < -0.39 is 0 Å². The summed E-state index contributed by atoms with van der Waals surface area (Å²) in [5.41, 5.74) is 8.34. The number of nitrogens with one attached hydrogen (secondary N) is 1. The third kappa shape index (κ3) is 6.57. The zero-order valence-corrected chi connectivity index (χ0v) is 17.9. The molecule has 0 saturated carbocycles. The predicted octanol–water partition coefficient (Wildman–Crippen LogP) is 2.46. The molecule has 2 aromatic carbocycles. The van der Waals surface area contributed by atoms with Crippen molar-refractivity contribution in [3.8, 4) is 17.2 Å². The topological polar surface area (TPSA) is 81.3 Å². The van der Waals surface area contributed by atoms with Gasteiger partial charge in [0, 0.05) is 6.54 Å². The Balaban J connectivity index is 1.93. The maximum absolute atomic E-state index is 6.07. The highest BCUT2D eigenvalue weighted by atomic mass is 16.5. The molecule has 0 aliphatic rings. The number of nitrogens with two attached hydrogens (primary N) is 1. The number of rotatable bonds is 10. The van der Waals surface area contributed by atoms with Crippen molar-refractivity contribution in [1.82, 2.24) is 10.2 Å². The molecular formula is C22H32N4O3. The van der Waals surface area contributed by atoms with Crippen LogP contribution in [0.2, 0.25) is 0 Å². The number of guanidine groups is 1. The Labute approximate surface area is 173 Å².